The van der Waals surface area contributed by atoms with Gasteiger partial charge in [0.25, 0.3) is 0 Å². The molecule has 1 heterocycles. The largest absolute Gasteiger partial charge is 0.618 e. The number of anilines is 2. The van der Waals surface area contributed by atoms with E-state index in [1.165, 1.54) is 12.3 Å². The van der Waals surface area contributed by atoms with Crippen LogP contribution in [0.2, 0.25) is 0 Å². The second kappa shape index (κ2) is 5.09. The molecule has 0 aliphatic carbocycles. The van der Waals surface area contributed by atoms with Gasteiger partial charge in [-0.25, -0.2) is 0 Å². The molecule has 0 spiro atoms. The van der Waals surface area contributed by atoms with Crippen molar-refractivity contribution in [3.63, 3.8) is 0 Å². The van der Waals surface area contributed by atoms with Crippen molar-refractivity contribution in [2.24, 2.45) is 0 Å². The molecule has 1 N–H and O–H groups in total. The van der Waals surface area contributed by atoms with Crippen molar-refractivity contribution in [3.05, 3.63) is 76.1 Å². The third-order valence-electron chi connectivity index (χ3n) is 3.15. The highest BCUT2D eigenvalue weighted by Gasteiger charge is 2.22. The average molecular weight is 281 g/mol. The van der Waals surface area contributed by atoms with Gasteiger partial charge in [-0.3, -0.25) is 10.1 Å². The summed E-state index contributed by atoms with van der Waals surface area (Å²) in [5, 5.41) is 26.4. The fourth-order valence-electron chi connectivity index (χ4n) is 2.23. The van der Waals surface area contributed by atoms with Crippen LogP contribution in [0.5, 0.6) is 0 Å². The molecule has 21 heavy (non-hydrogen) atoms. The normalized spacial score (nSPS) is 10.5. The number of nitrogens with one attached hydrogen (secondary N) is 1. The molecule has 0 fully saturated rings. The van der Waals surface area contributed by atoms with Crippen molar-refractivity contribution in [2.75, 3.05) is 5.32 Å². The summed E-state index contributed by atoms with van der Waals surface area (Å²) in [6.45, 7) is 0. The second-order valence-electron chi connectivity index (χ2n) is 4.48. The molecule has 2 aromatic carbocycles. The van der Waals surface area contributed by atoms with Gasteiger partial charge in [0, 0.05) is 17.8 Å². The fourth-order valence-corrected chi connectivity index (χ4v) is 2.23. The molecular weight excluding hydrogens is 270 g/mol. The van der Waals surface area contributed by atoms with Crippen molar-refractivity contribution >= 4 is 28.0 Å². The van der Waals surface area contributed by atoms with Crippen LogP contribution < -0.4 is 10.0 Å². The molecule has 0 atom stereocenters. The fraction of sp³-hybridized carbons (Fsp3) is 0. The molecule has 0 radical (unpaired) electrons. The quantitative estimate of drug-likeness (QED) is 0.346. The number of nitro groups is 1. The van der Waals surface area contributed by atoms with Gasteiger partial charge in [0.1, 0.15) is 11.1 Å². The van der Waals surface area contributed by atoms with Crippen molar-refractivity contribution in [1.29, 1.82) is 0 Å². The van der Waals surface area contributed by atoms with E-state index < -0.39 is 4.92 Å². The summed E-state index contributed by atoms with van der Waals surface area (Å²) in [4.78, 5) is 10.9. The summed E-state index contributed by atoms with van der Waals surface area (Å²) in [7, 11) is 0. The summed E-state index contributed by atoms with van der Waals surface area (Å²) in [6, 6.07) is 15.3. The summed E-state index contributed by atoms with van der Waals surface area (Å²) in [6.07, 6.45) is 1.32. The molecule has 0 saturated heterocycles. The van der Waals surface area contributed by atoms with Crippen LogP contribution in [-0.4, -0.2) is 4.92 Å². The summed E-state index contributed by atoms with van der Waals surface area (Å²) in [5.41, 5.74) is 1.25. The van der Waals surface area contributed by atoms with Crippen LogP contribution >= 0.6 is 0 Å². The average Bonchev–Trinajstić information content (AvgIpc) is 2.48. The number of rotatable bonds is 3. The number of hydrogen-bond donors (Lipinski definition) is 1. The number of pyridine rings is 1. The van der Waals surface area contributed by atoms with E-state index in [1.807, 2.05) is 30.3 Å². The highest BCUT2D eigenvalue weighted by atomic mass is 16.6. The van der Waals surface area contributed by atoms with Gasteiger partial charge in [0.05, 0.1) is 4.92 Å². The Labute approximate surface area is 120 Å². The van der Waals surface area contributed by atoms with E-state index in [2.05, 4.69) is 5.32 Å². The van der Waals surface area contributed by atoms with Crippen LogP contribution in [-0.2, 0) is 0 Å². The number of nitrogens with zero attached hydrogens (tertiary/aromatic N) is 2. The molecule has 0 amide bonds. The van der Waals surface area contributed by atoms with Gasteiger partial charge in [-0.1, -0.05) is 18.2 Å². The molecule has 6 nitrogen and oxygen atoms in total. The lowest BCUT2D eigenvalue weighted by Crippen LogP contribution is -2.25. The van der Waals surface area contributed by atoms with Crippen LogP contribution in [0.3, 0.4) is 0 Å². The molecular formula is C15H11N3O3. The lowest BCUT2D eigenvalue weighted by molar-refractivity contribution is -0.577. The molecule has 104 valence electrons. The molecule has 3 aromatic rings. The van der Waals surface area contributed by atoms with Crippen molar-refractivity contribution < 1.29 is 9.65 Å². The second-order valence-corrected chi connectivity index (χ2v) is 4.48. The van der Waals surface area contributed by atoms with Gasteiger partial charge in [0.15, 0.2) is 6.20 Å². The first kappa shape index (κ1) is 12.9. The maximum absolute atomic E-state index is 11.7. The summed E-state index contributed by atoms with van der Waals surface area (Å²) < 4.78 is 0.620. The predicted molar refractivity (Wildman–Crippen MR) is 79.3 cm³/mol. The van der Waals surface area contributed by atoms with Gasteiger partial charge in [0.2, 0.25) is 5.52 Å². The first-order chi connectivity index (χ1) is 10.2. The van der Waals surface area contributed by atoms with Crippen LogP contribution in [0.4, 0.5) is 17.1 Å². The predicted octanol–water partition coefficient (Wildman–Crippen LogP) is 3.13. The number of para-hydroxylation sites is 1. The molecule has 0 aliphatic rings. The zero-order valence-corrected chi connectivity index (χ0v) is 10.9. The van der Waals surface area contributed by atoms with Gasteiger partial charge in [-0.2, -0.15) is 4.73 Å². The monoisotopic (exact) mass is 281 g/mol. The Balaban J connectivity index is 2.19. The van der Waals surface area contributed by atoms with E-state index in [0.29, 0.717) is 15.8 Å². The van der Waals surface area contributed by atoms with E-state index in [9.17, 15) is 15.3 Å². The molecule has 0 bridgehead atoms. The minimum Gasteiger partial charge on any atom is -0.618 e. The van der Waals surface area contributed by atoms with Crippen LogP contribution in [0, 0.1) is 15.3 Å². The van der Waals surface area contributed by atoms with E-state index in [1.54, 1.807) is 18.2 Å². The molecule has 0 aliphatic heterocycles. The van der Waals surface area contributed by atoms with Crippen LogP contribution in [0.1, 0.15) is 0 Å². The highest BCUT2D eigenvalue weighted by molar-refractivity contribution is 5.93. The first-order valence-corrected chi connectivity index (χ1v) is 6.28. The Hall–Kier alpha value is -3.15. The molecule has 0 unspecified atom stereocenters. The highest BCUT2D eigenvalue weighted by Crippen LogP contribution is 2.33. The van der Waals surface area contributed by atoms with E-state index in [4.69, 9.17) is 0 Å². The van der Waals surface area contributed by atoms with Gasteiger partial charge in [-0.05, 0) is 24.3 Å². The van der Waals surface area contributed by atoms with E-state index >= 15 is 0 Å². The molecule has 1 aromatic heterocycles. The maximum atomic E-state index is 11.7. The van der Waals surface area contributed by atoms with E-state index in [0.717, 1.165) is 5.69 Å². The SMILES string of the molecule is O=[N+]([O-])c1c(Nc2ccccc2)ccc2c1ccc[n+]2[O-]. The molecule has 3 rings (SSSR count). The zero-order chi connectivity index (χ0) is 14.8. The van der Waals surface area contributed by atoms with Crippen molar-refractivity contribution in [3.8, 4) is 0 Å². The molecule has 0 saturated carbocycles. The Morgan fingerprint density at radius 2 is 1.76 bits per heavy atom. The van der Waals surface area contributed by atoms with E-state index in [-0.39, 0.29) is 11.2 Å². The number of benzene rings is 2. The minimum atomic E-state index is -0.479. The zero-order valence-electron chi connectivity index (χ0n) is 10.9. The molecule has 6 heteroatoms. The Bertz CT molecular complexity index is 819. The lowest BCUT2D eigenvalue weighted by atomic mass is 10.1. The Morgan fingerprint density at radius 1 is 1.00 bits per heavy atom. The lowest BCUT2D eigenvalue weighted by Gasteiger charge is -2.09. The number of nitro benzene ring substituents is 1. The van der Waals surface area contributed by atoms with Crippen LogP contribution in [0.25, 0.3) is 10.9 Å². The standard InChI is InChI=1S/C15H11N3O3/c19-17-10-4-7-12-14(17)9-8-13(15(12)18(20)21)16-11-5-2-1-3-6-11/h1-10,16H. The van der Waals surface area contributed by atoms with Crippen molar-refractivity contribution in [2.45, 2.75) is 0 Å². The van der Waals surface area contributed by atoms with Crippen LogP contribution in [0.15, 0.2) is 60.8 Å². The summed E-state index contributed by atoms with van der Waals surface area (Å²) in [5.74, 6) is 0. The minimum absolute atomic E-state index is 0.110. The summed E-state index contributed by atoms with van der Waals surface area (Å²) >= 11 is 0. The third-order valence-corrected chi connectivity index (χ3v) is 3.15. The number of fused-ring (bicyclic) bond motifs is 1. The first-order valence-electron chi connectivity index (χ1n) is 6.28. The van der Waals surface area contributed by atoms with Gasteiger partial charge in [-0.15, -0.1) is 0 Å². The number of aromatic nitrogens is 1. The van der Waals surface area contributed by atoms with Gasteiger partial charge >= 0.3 is 5.69 Å². The van der Waals surface area contributed by atoms with Gasteiger partial charge < -0.3 is 10.5 Å². The Morgan fingerprint density at radius 3 is 2.48 bits per heavy atom. The number of hydrogen-bond acceptors (Lipinski definition) is 4. The topological polar surface area (TPSA) is 82.1 Å². The third kappa shape index (κ3) is 2.34. The smallest absolute Gasteiger partial charge is 0.306 e. The maximum Gasteiger partial charge on any atom is 0.306 e. The van der Waals surface area contributed by atoms with Crippen molar-refractivity contribution in [1.82, 2.24) is 0 Å². The Kier molecular flexibility index (Phi) is 3.12.